The van der Waals surface area contributed by atoms with E-state index in [1.807, 2.05) is 56.3 Å². The molecule has 1 saturated heterocycles. The molecule has 4 aromatic rings. The minimum Gasteiger partial charge on any atom is -0.322 e. The molecule has 2 atom stereocenters. The standard InChI is InChI=1S/C33H26N2O3/c1-18-10-9-16-25(19(18)2)34-31(36)24-15-7-8-17-26(24)35-32(37)29-27-20-11-3-4-12-21(20)28(30(29)33(35)38)23-14-6-5-13-22(23)27/h3-17,27-30H,1-2H3,(H,34,36)/t27?,28?,29-,30-/m0/s1. The van der Waals surface area contributed by atoms with Crippen molar-refractivity contribution in [3.8, 4) is 0 Å². The van der Waals surface area contributed by atoms with Crippen molar-refractivity contribution in [3.63, 3.8) is 0 Å². The van der Waals surface area contributed by atoms with E-state index in [1.165, 1.54) is 4.90 Å². The molecule has 3 amide bonds. The molecule has 0 aromatic heterocycles. The van der Waals surface area contributed by atoms with Crippen LogP contribution in [0.15, 0.2) is 91.0 Å². The Balaban J connectivity index is 1.32. The van der Waals surface area contributed by atoms with E-state index < -0.39 is 11.8 Å². The zero-order valence-corrected chi connectivity index (χ0v) is 21.1. The summed E-state index contributed by atoms with van der Waals surface area (Å²) in [6, 6.07) is 29.0. The summed E-state index contributed by atoms with van der Waals surface area (Å²) >= 11 is 0. The first-order valence-corrected chi connectivity index (χ1v) is 13.0. The lowest BCUT2D eigenvalue weighted by atomic mass is 9.55. The molecule has 5 heteroatoms. The van der Waals surface area contributed by atoms with Gasteiger partial charge in [0.25, 0.3) is 5.91 Å². The molecule has 1 heterocycles. The number of benzene rings is 4. The second kappa shape index (κ2) is 8.25. The Bertz CT molecular complexity index is 1560. The molecule has 4 aliphatic rings. The van der Waals surface area contributed by atoms with Gasteiger partial charge < -0.3 is 5.32 Å². The normalized spacial score (nSPS) is 22.6. The number of imide groups is 1. The molecule has 0 spiro atoms. The van der Waals surface area contributed by atoms with Crippen LogP contribution in [0.2, 0.25) is 0 Å². The fourth-order valence-electron chi connectivity index (χ4n) is 6.85. The van der Waals surface area contributed by atoms with Crippen molar-refractivity contribution in [2.45, 2.75) is 25.7 Å². The van der Waals surface area contributed by atoms with Crippen molar-refractivity contribution in [1.82, 2.24) is 0 Å². The largest absolute Gasteiger partial charge is 0.322 e. The fraction of sp³-hybridized carbons (Fsp3) is 0.182. The van der Waals surface area contributed by atoms with E-state index in [0.29, 0.717) is 16.9 Å². The average Bonchev–Trinajstić information content (AvgIpc) is 3.21. The predicted molar refractivity (Wildman–Crippen MR) is 146 cm³/mol. The van der Waals surface area contributed by atoms with Crippen LogP contribution in [0, 0.1) is 25.7 Å². The number of carbonyl (C=O) groups is 3. The Kier molecular flexibility index (Phi) is 4.92. The Hall–Kier alpha value is -4.51. The molecule has 0 radical (unpaired) electrons. The molecule has 3 aliphatic carbocycles. The number of nitrogens with one attached hydrogen (secondary N) is 1. The molecule has 4 aromatic carbocycles. The van der Waals surface area contributed by atoms with Gasteiger partial charge in [-0.25, -0.2) is 4.90 Å². The maximum absolute atomic E-state index is 14.2. The number of carbonyl (C=O) groups excluding carboxylic acids is 3. The van der Waals surface area contributed by atoms with Crippen LogP contribution >= 0.6 is 0 Å². The quantitative estimate of drug-likeness (QED) is 0.355. The molecule has 1 N–H and O–H groups in total. The maximum atomic E-state index is 14.2. The Labute approximate surface area is 221 Å². The highest BCUT2D eigenvalue weighted by atomic mass is 16.2. The summed E-state index contributed by atoms with van der Waals surface area (Å²) in [5, 5.41) is 2.99. The van der Waals surface area contributed by atoms with Crippen LogP contribution in [-0.4, -0.2) is 17.7 Å². The number of para-hydroxylation sites is 1. The molecule has 0 unspecified atom stereocenters. The summed E-state index contributed by atoms with van der Waals surface area (Å²) in [5.74, 6) is -2.17. The van der Waals surface area contributed by atoms with Crippen molar-refractivity contribution in [2.24, 2.45) is 11.8 Å². The van der Waals surface area contributed by atoms with Crippen LogP contribution in [0.4, 0.5) is 11.4 Å². The van der Waals surface area contributed by atoms with Crippen molar-refractivity contribution >= 4 is 29.1 Å². The third kappa shape index (κ3) is 3.02. The van der Waals surface area contributed by atoms with Gasteiger partial charge in [0.2, 0.25) is 11.8 Å². The van der Waals surface area contributed by atoms with Gasteiger partial charge in [-0.1, -0.05) is 72.8 Å². The lowest BCUT2D eigenvalue weighted by molar-refractivity contribution is -0.122. The van der Waals surface area contributed by atoms with Gasteiger partial charge in [0.15, 0.2) is 0 Å². The summed E-state index contributed by atoms with van der Waals surface area (Å²) in [6.45, 7) is 3.95. The molecule has 186 valence electrons. The van der Waals surface area contributed by atoms with E-state index in [4.69, 9.17) is 0 Å². The predicted octanol–water partition coefficient (Wildman–Crippen LogP) is 5.95. The SMILES string of the molecule is Cc1cccc(NC(=O)c2ccccc2N2C(=O)[C@H]3C4c5ccccc5C(c5ccccc54)[C@@H]3C2=O)c1C. The first-order valence-electron chi connectivity index (χ1n) is 13.0. The van der Waals surface area contributed by atoms with Gasteiger partial charge in [-0.05, 0) is 65.4 Å². The third-order valence-corrected chi connectivity index (χ3v) is 8.69. The minimum atomic E-state index is -0.493. The molecular weight excluding hydrogens is 472 g/mol. The summed E-state index contributed by atoms with van der Waals surface area (Å²) in [6.07, 6.45) is 0. The molecule has 38 heavy (non-hydrogen) atoms. The number of hydrogen-bond acceptors (Lipinski definition) is 3. The highest BCUT2D eigenvalue weighted by Gasteiger charge is 2.62. The van der Waals surface area contributed by atoms with Gasteiger partial charge >= 0.3 is 0 Å². The Morgan fingerprint density at radius 3 is 1.71 bits per heavy atom. The first kappa shape index (κ1) is 22.7. The summed E-state index contributed by atoms with van der Waals surface area (Å²) in [7, 11) is 0. The monoisotopic (exact) mass is 498 g/mol. The zero-order chi connectivity index (χ0) is 26.1. The number of nitrogens with zero attached hydrogens (tertiary/aromatic N) is 1. The van der Waals surface area contributed by atoms with Crippen LogP contribution < -0.4 is 10.2 Å². The third-order valence-electron chi connectivity index (χ3n) is 8.69. The number of anilines is 2. The van der Waals surface area contributed by atoms with E-state index in [-0.39, 0.29) is 29.6 Å². The fourth-order valence-corrected chi connectivity index (χ4v) is 6.85. The lowest BCUT2D eigenvalue weighted by Crippen LogP contribution is -2.41. The number of aryl methyl sites for hydroxylation is 1. The Morgan fingerprint density at radius 1 is 0.658 bits per heavy atom. The highest BCUT2D eigenvalue weighted by Crippen LogP contribution is 2.61. The smallest absolute Gasteiger partial charge is 0.257 e. The van der Waals surface area contributed by atoms with Gasteiger partial charge in [-0.2, -0.15) is 0 Å². The maximum Gasteiger partial charge on any atom is 0.257 e. The van der Waals surface area contributed by atoms with Gasteiger partial charge in [-0.3, -0.25) is 14.4 Å². The highest BCUT2D eigenvalue weighted by molar-refractivity contribution is 6.26. The molecule has 1 fully saturated rings. The van der Waals surface area contributed by atoms with Gasteiger partial charge in [-0.15, -0.1) is 0 Å². The molecule has 8 rings (SSSR count). The van der Waals surface area contributed by atoms with Crippen molar-refractivity contribution in [3.05, 3.63) is 130 Å². The lowest BCUT2D eigenvalue weighted by Gasteiger charge is -2.45. The summed E-state index contributed by atoms with van der Waals surface area (Å²) < 4.78 is 0. The van der Waals surface area contributed by atoms with E-state index in [2.05, 4.69) is 29.6 Å². The van der Waals surface area contributed by atoms with E-state index in [1.54, 1.807) is 24.3 Å². The van der Waals surface area contributed by atoms with Crippen LogP contribution in [0.1, 0.15) is 55.6 Å². The van der Waals surface area contributed by atoms with E-state index in [9.17, 15) is 14.4 Å². The number of amides is 3. The van der Waals surface area contributed by atoms with Crippen LogP contribution in [0.3, 0.4) is 0 Å². The van der Waals surface area contributed by atoms with Gasteiger partial charge in [0.05, 0.1) is 23.1 Å². The average molecular weight is 499 g/mol. The molecule has 1 aliphatic heterocycles. The molecule has 2 bridgehead atoms. The number of hydrogen-bond donors (Lipinski definition) is 1. The van der Waals surface area contributed by atoms with Crippen molar-refractivity contribution in [2.75, 3.05) is 10.2 Å². The topological polar surface area (TPSA) is 66.5 Å². The second-order valence-electron chi connectivity index (χ2n) is 10.5. The first-order chi connectivity index (χ1) is 18.5. The van der Waals surface area contributed by atoms with Crippen LogP contribution in [-0.2, 0) is 9.59 Å². The molecule has 0 saturated carbocycles. The summed E-state index contributed by atoms with van der Waals surface area (Å²) in [4.78, 5) is 43.1. The number of rotatable bonds is 3. The minimum absolute atomic E-state index is 0.185. The zero-order valence-electron chi connectivity index (χ0n) is 21.1. The van der Waals surface area contributed by atoms with Crippen LogP contribution in [0.25, 0.3) is 0 Å². The van der Waals surface area contributed by atoms with Crippen LogP contribution in [0.5, 0.6) is 0 Å². The van der Waals surface area contributed by atoms with E-state index >= 15 is 0 Å². The van der Waals surface area contributed by atoms with Crippen molar-refractivity contribution < 1.29 is 14.4 Å². The summed E-state index contributed by atoms with van der Waals surface area (Å²) in [5.41, 5.74) is 7.90. The molecule has 5 nitrogen and oxygen atoms in total. The van der Waals surface area contributed by atoms with E-state index in [0.717, 1.165) is 33.4 Å². The second-order valence-corrected chi connectivity index (χ2v) is 10.5. The van der Waals surface area contributed by atoms with Crippen molar-refractivity contribution in [1.29, 1.82) is 0 Å². The Morgan fingerprint density at radius 2 is 1.16 bits per heavy atom. The van der Waals surface area contributed by atoms with Gasteiger partial charge in [0, 0.05) is 17.5 Å². The van der Waals surface area contributed by atoms with Gasteiger partial charge in [0.1, 0.15) is 0 Å². The molecular formula is C33H26N2O3.